The van der Waals surface area contributed by atoms with Crippen LogP contribution >= 0.6 is 11.3 Å². The number of nitrogens with zero attached hydrogens (tertiary/aromatic N) is 3. The molecule has 3 aromatic rings. The van der Waals surface area contributed by atoms with E-state index in [2.05, 4.69) is 33.9 Å². The number of benzene rings is 1. The van der Waals surface area contributed by atoms with Crippen LogP contribution in [0.2, 0.25) is 0 Å². The van der Waals surface area contributed by atoms with Crippen molar-refractivity contribution in [1.82, 2.24) is 9.38 Å². The largest absolute Gasteiger partial charge is 0.379 e. The Hall–Kier alpha value is -2.32. The molecular formula is C15H14N4S. The number of imidazole rings is 1. The minimum Gasteiger partial charge on any atom is -0.379 e. The topological polar surface area (TPSA) is 53.1 Å². The summed E-state index contributed by atoms with van der Waals surface area (Å²) in [5.74, 6) is 0. The van der Waals surface area contributed by atoms with Crippen molar-refractivity contribution in [3.05, 3.63) is 52.3 Å². The van der Waals surface area contributed by atoms with Crippen molar-refractivity contribution in [2.45, 2.75) is 20.4 Å². The van der Waals surface area contributed by atoms with Crippen LogP contribution in [0.15, 0.2) is 30.5 Å². The molecule has 0 amide bonds. The smallest absolute Gasteiger partial charge is 0.194 e. The van der Waals surface area contributed by atoms with E-state index in [9.17, 15) is 0 Å². The molecule has 0 aliphatic heterocycles. The molecule has 0 bridgehead atoms. The third-order valence-electron chi connectivity index (χ3n) is 3.21. The molecule has 5 heteroatoms. The zero-order valence-electron chi connectivity index (χ0n) is 11.3. The fraction of sp³-hybridized carbons (Fsp3) is 0.200. The van der Waals surface area contributed by atoms with E-state index in [1.165, 1.54) is 10.6 Å². The fourth-order valence-corrected chi connectivity index (χ4v) is 3.06. The number of aryl methyl sites for hydroxylation is 2. The van der Waals surface area contributed by atoms with Crippen LogP contribution in [0, 0.1) is 25.2 Å². The van der Waals surface area contributed by atoms with Gasteiger partial charge in [0, 0.05) is 16.8 Å². The van der Waals surface area contributed by atoms with Crippen molar-refractivity contribution in [1.29, 1.82) is 5.26 Å². The highest BCUT2D eigenvalue weighted by atomic mass is 32.1. The van der Waals surface area contributed by atoms with Crippen molar-refractivity contribution in [3.63, 3.8) is 0 Å². The van der Waals surface area contributed by atoms with Gasteiger partial charge >= 0.3 is 0 Å². The maximum absolute atomic E-state index is 8.78. The molecule has 100 valence electrons. The Morgan fingerprint density at radius 2 is 2.05 bits per heavy atom. The van der Waals surface area contributed by atoms with Gasteiger partial charge in [-0.2, -0.15) is 5.26 Å². The summed E-state index contributed by atoms with van der Waals surface area (Å²) >= 11 is 1.70. The second-order valence-corrected chi connectivity index (χ2v) is 5.89. The first-order valence-corrected chi connectivity index (χ1v) is 7.17. The number of thiazole rings is 1. The quantitative estimate of drug-likeness (QED) is 0.800. The molecule has 4 nitrogen and oxygen atoms in total. The molecule has 0 saturated carbocycles. The van der Waals surface area contributed by atoms with Gasteiger partial charge in [-0.15, -0.1) is 11.3 Å². The van der Waals surface area contributed by atoms with Crippen LogP contribution in [0.5, 0.6) is 0 Å². The minimum absolute atomic E-state index is 0.673. The van der Waals surface area contributed by atoms with Gasteiger partial charge in [-0.1, -0.05) is 0 Å². The molecule has 3 rings (SSSR count). The molecular weight excluding hydrogens is 268 g/mol. The predicted molar refractivity (Wildman–Crippen MR) is 81.0 cm³/mol. The van der Waals surface area contributed by atoms with E-state index < -0.39 is 0 Å². The molecule has 0 spiro atoms. The van der Waals surface area contributed by atoms with E-state index in [4.69, 9.17) is 5.26 Å². The highest BCUT2D eigenvalue weighted by molar-refractivity contribution is 7.17. The lowest BCUT2D eigenvalue weighted by Crippen LogP contribution is -2.03. The summed E-state index contributed by atoms with van der Waals surface area (Å²) in [6.45, 7) is 4.84. The maximum atomic E-state index is 8.78. The summed E-state index contributed by atoms with van der Waals surface area (Å²) in [7, 11) is 0. The summed E-state index contributed by atoms with van der Waals surface area (Å²) in [6, 6.07) is 9.59. The van der Waals surface area contributed by atoms with Gasteiger partial charge in [-0.25, -0.2) is 4.98 Å². The number of anilines is 1. The third-order valence-corrected chi connectivity index (χ3v) is 4.11. The standard InChI is InChI=1S/C15H14N4S/c1-10-9-19-14(11(2)18-15(19)20-10)8-17-13-5-3-12(7-16)4-6-13/h3-6,9,17H,8H2,1-2H3. The SMILES string of the molecule is Cc1cn2c(CNc3ccc(C#N)cc3)c(C)nc2s1. The van der Waals surface area contributed by atoms with Crippen LogP contribution in [0.25, 0.3) is 4.96 Å². The molecule has 2 aromatic heterocycles. The number of hydrogen-bond acceptors (Lipinski definition) is 4. The lowest BCUT2D eigenvalue weighted by atomic mass is 10.2. The van der Waals surface area contributed by atoms with E-state index in [0.29, 0.717) is 5.56 Å². The van der Waals surface area contributed by atoms with Crippen LogP contribution in [-0.4, -0.2) is 9.38 Å². The Morgan fingerprint density at radius 3 is 2.75 bits per heavy atom. The average Bonchev–Trinajstić information content (AvgIpc) is 2.92. The molecule has 0 fully saturated rings. The van der Waals surface area contributed by atoms with Crippen molar-refractivity contribution < 1.29 is 0 Å². The summed E-state index contributed by atoms with van der Waals surface area (Å²) in [5.41, 5.74) is 3.91. The lowest BCUT2D eigenvalue weighted by molar-refractivity contribution is 0.991. The van der Waals surface area contributed by atoms with Crippen molar-refractivity contribution in [2.24, 2.45) is 0 Å². The van der Waals surface area contributed by atoms with Crippen molar-refractivity contribution in [2.75, 3.05) is 5.32 Å². The van der Waals surface area contributed by atoms with Crippen LogP contribution in [0.4, 0.5) is 5.69 Å². The monoisotopic (exact) mass is 282 g/mol. The summed E-state index contributed by atoms with van der Waals surface area (Å²) < 4.78 is 2.14. The molecule has 1 aromatic carbocycles. The Balaban J connectivity index is 1.82. The van der Waals surface area contributed by atoms with Crippen LogP contribution < -0.4 is 5.32 Å². The Kier molecular flexibility index (Phi) is 3.17. The third kappa shape index (κ3) is 2.26. The van der Waals surface area contributed by atoms with Crippen molar-refractivity contribution in [3.8, 4) is 6.07 Å². The molecule has 0 aliphatic rings. The second kappa shape index (κ2) is 4.99. The summed E-state index contributed by atoms with van der Waals surface area (Å²) in [6.07, 6.45) is 2.12. The fourth-order valence-electron chi connectivity index (χ4n) is 2.17. The van der Waals surface area contributed by atoms with E-state index in [0.717, 1.165) is 22.9 Å². The lowest BCUT2D eigenvalue weighted by Gasteiger charge is -2.06. The molecule has 0 unspecified atom stereocenters. The number of nitrogens with one attached hydrogen (secondary N) is 1. The number of hydrogen-bond donors (Lipinski definition) is 1. The average molecular weight is 282 g/mol. The van der Waals surface area contributed by atoms with Gasteiger partial charge in [0.2, 0.25) is 0 Å². The highest BCUT2D eigenvalue weighted by Gasteiger charge is 2.10. The van der Waals surface area contributed by atoms with Gasteiger partial charge in [0.25, 0.3) is 0 Å². The van der Waals surface area contributed by atoms with Crippen LogP contribution in [0.3, 0.4) is 0 Å². The molecule has 0 atom stereocenters. The van der Waals surface area contributed by atoms with Gasteiger partial charge in [-0.05, 0) is 38.1 Å². The molecule has 1 N–H and O–H groups in total. The van der Waals surface area contributed by atoms with E-state index in [1.54, 1.807) is 11.3 Å². The Labute approximate surface area is 121 Å². The zero-order chi connectivity index (χ0) is 14.1. The predicted octanol–water partition coefficient (Wildman–Crippen LogP) is 3.50. The molecule has 0 radical (unpaired) electrons. The molecule has 0 saturated heterocycles. The first-order chi connectivity index (χ1) is 9.67. The maximum Gasteiger partial charge on any atom is 0.194 e. The van der Waals surface area contributed by atoms with E-state index >= 15 is 0 Å². The summed E-state index contributed by atoms with van der Waals surface area (Å²) in [5, 5.41) is 12.2. The first kappa shape index (κ1) is 12.7. The van der Waals surface area contributed by atoms with Gasteiger partial charge in [0.05, 0.1) is 29.6 Å². The Morgan fingerprint density at radius 1 is 1.30 bits per heavy atom. The Bertz CT molecular complexity index is 790. The number of nitriles is 1. The minimum atomic E-state index is 0.673. The van der Waals surface area contributed by atoms with E-state index in [-0.39, 0.29) is 0 Å². The van der Waals surface area contributed by atoms with Gasteiger partial charge < -0.3 is 5.32 Å². The summed E-state index contributed by atoms with van der Waals surface area (Å²) in [4.78, 5) is 6.87. The van der Waals surface area contributed by atoms with Crippen molar-refractivity contribution >= 4 is 22.0 Å². The molecule has 0 aliphatic carbocycles. The van der Waals surface area contributed by atoms with E-state index in [1.807, 2.05) is 31.2 Å². The zero-order valence-corrected chi connectivity index (χ0v) is 12.2. The number of aromatic nitrogens is 2. The van der Waals surface area contributed by atoms with Gasteiger partial charge in [0.1, 0.15) is 0 Å². The van der Waals surface area contributed by atoms with Crippen LogP contribution in [-0.2, 0) is 6.54 Å². The van der Waals surface area contributed by atoms with Gasteiger partial charge in [-0.3, -0.25) is 4.40 Å². The first-order valence-electron chi connectivity index (χ1n) is 6.35. The van der Waals surface area contributed by atoms with Crippen LogP contribution in [0.1, 0.15) is 21.8 Å². The molecule has 2 heterocycles. The number of rotatable bonds is 3. The number of fused-ring (bicyclic) bond motifs is 1. The second-order valence-electron chi connectivity index (χ2n) is 4.68. The molecule has 20 heavy (non-hydrogen) atoms. The normalized spacial score (nSPS) is 10.7. The highest BCUT2D eigenvalue weighted by Crippen LogP contribution is 2.21. The van der Waals surface area contributed by atoms with Gasteiger partial charge in [0.15, 0.2) is 4.96 Å².